The van der Waals surface area contributed by atoms with Gasteiger partial charge in [0, 0.05) is 11.9 Å². The quantitative estimate of drug-likeness (QED) is 0.320. The van der Waals surface area contributed by atoms with Gasteiger partial charge in [-0.2, -0.15) is 8.78 Å². The average Bonchev–Trinajstić information content (AvgIpc) is 2.70. The molecule has 4 N–H and O–H groups in total. The molecule has 1 fully saturated rings. The van der Waals surface area contributed by atoms with Crippen molar-refractivity contribution in [3.8, 4) is 0 Å². The normalized spacial score (nSPS) is 32.5. The Morgan fingerprint density at radius 2 is 1.89 bits per heavy atom. The topological polar surface area (TPSA) is 116 Å². The molecule has 1 heterocycles. The summed E-state index contributed by atoms with van der Waals surface area (Å²) in [6.45, 7) is 7.14. The first kappa shape index (κ1) is 25.2. The van der Waals surface area contributed by atoms with Crippen molar-refractivity contribution in [2.24, 2.45) is 5.92 Å². The third-order valence-corrected chi connectivity index (χ3v) is 11.0. The summed E-state index contributed by atoms with van der Waals surface area (Å²) in [5.41, 5.74) is -6.30. The smallest absolute Gasteiger partial charge is 0.397 e. The fourth-order valence-corrected chi connectivity index (χ4v) is 5.09. The summed E-state index contributed by atoms with van der Waals surface area (Å²) in [5.74, 6) is -0.632. The molecule has 7 nitrogen and oxygen atoms in total. The molecule has 0 aromatic rings. The standard InChI is InChI=1S/C15H32BF2O7PSi/c1-6-24-26(21,22)15(17,18)8-14(9-19)11(20)10(12(16)25-14)7-13(2,3)27(4,5)23/h10-12,19-20,23H,6-9,16H2,1-5H3,(H,21,22)/t10-,11?,12+,14-/m0/s1. The van der Waals surface area contributed by atoms with E-state index in [2.05, 4.69) is 4.52 Å². The van der Waals surface area contributed by atoms with Crippen LogP contribution >= 0.6 is 7.60 Å². The minimum atomic E-state index is -5.31. The zero-order valence-corrected chi connectivity index (χ0v) is 18.7. The van der Waals surface area contributed by atoms with Crippen LogP contribution in [0.4, 0.5) is 8.78 Å². The van der Waals surface area contributed by atoms with Gasteiger partial charge >= 0.3 is 13.3 Å². The molecule has 0 amide bonds. The maximum atomic E-state index is 14.5. The monoisotopic (exact) mass is 432 g/mol. The van der Waals surface area contributed by atoms with Crippen molar-refractivity contribution in [2.45, 2.75) is 75.1 Å². The van der Waals surface area contributed by atoms with Gasteiger partial charge in [-0.3, -0.25) is 4.57 Å². The molecule has 5 atom stereocenters. The minimum Gasteiger partial charge on any atom is -0.432 e. The summed E-state index contributed by atoms with van der Waals surface area (Å²) in [4.78, 5) is 20.0. The van der Waals surface area contributed by atoms with Crippen LogP contribution in [0.25, 0.3) is 0 Å². The summed E-state index contributed by atoms with van der Waals surface area (Å²) in [6.07, 6.45) is -2.56. The van der Waals surface area contributed by atoms with Gasteiger partial charge in [0.1, 0.15) is 13.4 Å². The van der Waals surface area contributed by atoms with Crippen LogP contribution in [0.2, 0.25) is 18.1 Å². The molecule has 1 rings (SSSR count). The number of halogens is 2. The molecule has 1 aliphatic rings. The lowest BCUT2D eigenvalue weighted by Crippen LogP contribution is -2.50. The maximum absolute atomic E-state index is 14.5. The Hall–Kier alpha value is 0.132. The van der Waals surface area contributed by atoms with E-state index in [0.717, 1.165) is 0 Å². The Morgan fingerprint density at radius 1 is 1.37 bits per heavy atom. The highest BCUT2D eigenvalue weighted by atomic mass is 31.2. The zero-order valence-electron chi connectivity index (χ0n) is 16.8. The predicted octanol–water partition coefficient (Wildman–Crippen LogP) is 1.26. The second kappa shape index (κ2) is 8.10. The minimum absolute atomic E-state index is 0.292. The molecule has 1 saturated heterocycles. The first-order valence-corrected chi connectivity index (χ1v) is 13.5. The molecule has 0 aliphatic carbocycles. The van der Waals surface area contributed by atoms with Crippen molar-refractivity contribution >= 4 is 23.8 Å². The van der Waals surface area contributed by atoms with Crippen molar-refractivity contribution in [3.05, 3.63) is 0 Å². The van der Waals surface area contributed by atoms with Gasteiger partial charge in [0.2, 0.25) is 0 Å². The summed E-state index contributed by atoms with van der Waals surface area (Å²) in [6, 6.07) is -0.691. The molecule has 0 saturated carbocycles. The van der Waals surface area contributed by atoms with Crippen LogP contribution in [0.5, 0.6) is 0 Å². The van der Waals surface area contributed by atoms with Crippen molar-refractivity contribution < 1.29 is 42.5 Å². The van der Waals surface area contributed by atoms with Gasteiger partial charge in [-0.05, 0) is 31.5 Å². The second-order valence-corrected chi connectivity index (χ2v) is 15.0. The van der Waals surface area contributed by atoms with Gasteiger partial charge in [-0.1, -0.05) is 13.8 Å². The Balaban J connectivity index is 3.15. The molecule has 0 spiro atoms. The third kappa shape index (κ3) is 5.01. The molecule has 27 heavy (non-hydrogen) atoms. The molecular weight excluding hydrogens is 400 g/mol. The highest BCUT2D eigenvalue weighted by Gasteiger charge is 2.63. The summed E-state index contributed by atoms with van der Waals surface area (Å²) < 4.78 is 50.6. The number of aliphatic hydroxyl groups excluding tert-OH is 2. The number of ether oxygens (including phenoxy) is 1. The molecule has 0 aromatic heterocycles. The summed E-state index contributed by atoms with van der Waals surface area (Å²) in [7, 11) is -6.35. The predicted molar refractivity (Wildman–Crippen MR) is 102 cm³/mol. The highest BCUT2D eigenvalue weighted by molar-refractivity contribution is 7.54. The van der Waals surface area contributed by atoms with Crippen molar-refractivity contribution in [3.63, 3.8) is 0 Å². The van der Waals surface area contributed by atoms with Crippen molar-refractivity contribution in [1.82, 2.24) is 0 Å². The Kier molecular flexibility index (Phi) is 7.55. The summed E-state index contributed by atoms with van der Waals surface area (Å²) >= 11 is 0. The number of hydrogen-bond acceptors (Lipinski definition) is 6. The fraction of sp³-hybridized carbons (Fsp3) is 1.00. The molecule has 2 unspecified atom stereocenters. The van der Waals surface area contributed by atoms with Gasteiger partial charge in [-0.15, -0.1) is 0 Å². The number of rotatable bonds is 9. The first-order valence-electron chi connectivity index (χ1n) is 9.01. The van der Waals surface area contributed by atoms with E-state index in [1.807, 2.05) is 13.8 Å². The molecule has 1 aliphatic heterocycles. The van der Waals surface area contributed by atoms with E-state index in [-0.39, 0.29) is 6.61 Å². The Bertz CT molecular complexity index is 575. The molecule has 160 valence electrons. The van der Waals surface area contributed by atoms with Crippen LogP contribution in [0.3, 0.4) is 0 Å². The van der Waals surface area contributed by atoms with Crippen molar-refractivity contribution in [2.75, 3.05) is 13.2 Å². The first-order chi connectivity index (χ1) is 12.0. The molecule has 12 heteroatoms. The van der Waals surface area contributed by atoms with Gasteiger partial charge < -0.3 is 29.2 Å². The van der Waals surface area contributed by atoms with Gasteiger partial charge in [0.25, 0.3) is 0 Å². The van der Waals surface area contributed by atoms with E-state index in [1.54, 1.807) is 20.9 Å². The fourth-order valence-electron chi connectivity index (χ4n) is 3.35. The summed E-state index contributed by atoms with van der Waals surface area (Å²) in [5, 5.41) is 20.0. The van der Waals surface area contributed by atoms with Crippen LogP contribution in [-0.4, -0.2) is 72.7 Å². The Morgan fingerprint density at radius 3 is 2.30 bits per heavy atom. The largest absolute Gasteiger partial charge is 0.432 e. The van der Waals surface area contributed by atoms with Crippen LogP contribution in [-0.2, 0) is 13.8 Å². The maximum Gasteiger partial charge on any atom is 0.397 e. The Labute approximate surface area is 161 Å². The number of hydrogen-bond donors (Lipinski definition) is 4. The van der Waals surface area contributed by atoms with E-state index < -0.39 is 63.3 Å². The second-order valence-electron chi connectivity index (χ2n) is 8.58. The van der Waals surface area contributed by atoms with Gasteiger partial charge in [0.15, 0.2) is 8.32 Å². The molecule has 0 aromatic carbocycles. The average molecular weight is 432 g/mol. The SMILES string of the molecule is B[C@@H]1O[C@](CO)(CC(F)(F)P(=O)(O)OCC)C(O)[C@@H]1CC(C)(C)[Si](C)(C)O. The van der Waals surface area contributed by atoms with E-state index >= 15 is 0 Å². The zero-order chi connectivity index (χ0) is 21.5. The lowest BCUT2D eigenvalue weighted by Gasteiger charge is -2.39. The lowest BCUT2D eigenvalue weighted by molar-refractivity contribution is -0.138. The van der Waals surface area contributed by atoms with E-state index in [1.165, 1.54) is 6.92 Å². The van der Waals surface area contributed by atoms with Gasteiger partial charge in [-0.25, -0.2) is 0 Å². The molecule has 0 bridgehead atoms. The van der Waals surface area contributed by atoms with Crippen molar-refractivity contribution in [1.29, 1.82) is 0 Å². The lowest BCUT2D eigenvalue weighted by atomic mass is 9.76. The van der Waals surface area contributed by atoms with Crippen LogP contribution < -0.4 is 0 Å². The third-order valence-electron chi connectivity index (χ3n) is 5.87. The van der Waals surface area contributed by atoms with E-state index in [9.17, 15) is 33.2 Å². The highest BCUT2D eigenvalue weighted by Crippen LogP contribution is 2.62. The number of alkyl halides is 2. The van der Waals surface area contributed by atoms with Crippen LogP contribution in [0.1, 0.15) is 33.6 Å². The number of aliphatic hydroxyl groups is 2. The van der Waals surface area contributed by atoms with Crippen LogP contribution in [0, 0.1) is 5.92 Å². The molecule has 0 radical (unpaired) electrons. The van der Waals surface area contributed by atoms with Gasteiger partial charge in [0.05, 0.1) is 25.7 Å². The van der Waals surface area contributed by atoms with E-state index in [4.69, 9.17) is 4.74 Å². The van der Waals surface area contributed by atoms with E-state index in [0.29, 0.717) is 6.42 Å². The van der Waals surface area contributed by atoms with Crippen LogP contribution in [0.15, 0.2) is 0 Å². The molecular formula is C15H32BF2O7PSi.